The van der Waals surface area contributed by atoms with Crippen molar-refractivity contribution in [1.82, 2.24) is 40.0 Å². The van der Waals surface area contributed by atoms with Crippen LogP contribution in [-0.2, 0) is 13.1 Å². The van der Waals surface area contributed by atoms with Gasteiger partial charge in [-0.2, -0.15) is 5.26 Å². The fourth-order valence-electron chi connectivity index (χ4n) is 3.56. The van der Waals surface area contributed by atoms with Gasteiger partial charge in [-0.1, -0.05) is 6.07 Å². The average molecular weight is 414 g/mol. The van der Waals surface area contributed by atoms with Crippen LogP contribution in [0.3, 0.4) is 0 Å². The second kappa shape index (κ2) is 7.83. The molecule has 154 valence electrons. The van der Waals surface area contributed by atoms with Gasteiger partial charge in [-0.3, -0.25) is 4.57 Å². The van der Waals surface area contributed by atoms with Crippen molar-refractivity contribution in [3.63, 3.8) is 0 Å². The first-order valence-corrected chi connectivity index (χ1v) is 9.73. The minimum atomic E-state index is 0.454. The Morgan fingerprint density at radius 3 is 2.94 bits per heavy atom. The minimum absolute atomic E-state index is 0.454. The molecule has 0 fully saturated rings. The number of methoxy groups -OCH3 is 1. The van der Waals surface area contributed by atoms with E-state index in [9.17, 15) is 0 Å². The molecular weight excluding hydrogens is 396 g/mol. The monoisotopic (exact) mass is 414 g/mol. The normalized spacial score (nSPS) is 13.0. The zero-order valence-corrected chi connectivity index (χ0v) is 16.8. The van der Waals surface area contributed by atoms with Crippen molar-refractivity contribution in [3.8, 4) is 29.0 Å². The summed E-state index contributed by atoms with van der Waals surface area (Å²) >= 11 is 0. The van der Waals surface area contributed by atoms with Crippen molar-refractivity contribution in [2.24, 2.45) is 0 Å². The molecule has 3 aromatic heterocycles. The zero-order chi connectivity index (χ0) is 21.2. The Kier molecular flexibility index (Phi) is 4.72. The standard InChI is InChI=1S/C20H18N10O/c1-31-18-11-15(6-7-22-18)19-24-25-20-28(8-3-9-29(19)20)13-17-23-27-30(26-17)16-5-2-4-14(10-16)12-21/h2,4-7,10-11H,3,8-9,13H2,1H3. The number of rotatable bonds is 5. The summed E-state index contributed by atoms with van der Waals surface area (Å²) in [5, 5.41) is 30.7. The summed E-state index contributed by atoms with van der Waals surface area (Å²) in [6.45, 7) is 2.09. The van der Waals surface area contributed by atoms with Crippen molar-refractivity contribution in [2.45, 2.75) is 19.5 Å². The molecule has 4 aromatic rings. The number of aromatic nitrogens is 8. The number of fused-ring (bicyclic) bond motifs is 1. The molecule has 0 saturated heterocycles. The molecule has 1 aromatic carbocycles. The fourth-order valence-corrected chi connectivity index (χ4v) is 3.56. The highest BCUT2D eigenvalue weighted by Gasteiger charge is 2.24. The molecule has 0 spiro atoms. The molecule has 5 rings (SSSR count). The van der Waals surface area contributed by atoms with E-state index < -0.39 is 0 Å². The molecule has 0 saturated carbocycles. The van der Waals surface area contributed by atoms with Gasteiger partial charge in [0.25, 0.3) is 0 Å². The number of anilines is 1. The molecule has 1 aliphatic rings. The van der Waals surface area contributed by atoms with Crippen LogP contribution in [0.25, 0.3) is 17.1 Å². The second-order valence-electron chi connectivity index (χ2n) is 6.99. The summed E-state index contributed by atoms with van der Waals surface area (Å²) in [4.78, 5) is 7.67. The van der Waals surface area contributed by atoms with Crippen LogP contribution in [0.15, 0.2) is 42.6 Å². The molecule has 0 radical (unpaired) electrons. The van der Waals surface area contributed by atoms with Gasteiger partial charge < -0.3 is 9.64 Å². The van der Waals surface area contributed by atoms with Gasteiger partial charge in [0, 0.05) is 30.9 Å². The van der Waals surface area contributed by atoms with Gasteiger partial charge in [-0.15, -0.1) is 25.2 Å². The molecule has 0 amide bonds. The van der Waals surface area contributed by atoms with Crippen LogP contribution in [0.1, 0.15) is 17.8 Å². The Morgan fingerprint density at radius 2 is 2.06 bits per heavy atom. The fraction of sp³-hybridized carbons (Fsp3) is 0.250. The number of tetrazole rings is 1. The molecular formula is C20H18N10O. The highest BCUT2D eigenvalue weighted by Crippen LogP contribution is 2.28. The van der Waals surface area contributed by atoms with Gasteiger partial charge in [-0.25, -0.2) is 4.98 Å². The van der Waals surface area contributed by atoms with Gasteiger partial charge in [0.2, 0.25) is 11.8 Å². The third-order valence-electron chi connectivity index (χ3n) is 5.02. The number of pyridine rings is 1. The van der Waals surface area contributed by atoms with Gasteiger partial charge >= 0.3 is 0 Å². The van der Waals surface area contributed by atoms with Crippen molar-refractivity contribution >= 4 is 5.95 Å². The predicted molar refractivity (Wildman–Crippen MR) is 109 cm³/mol. The third kappa shape index (κ3) is 3.55. The minimum Gasteiger partial charge on any atom is -0.481 e. The lowest BCUT2D eigenvalue weighted by atomic mass is 10.2. The number of hydrogen-bond donors (Lipinski definition) is 0. The summed E-state index contributed by atoms with van der Waals surface area (Å²) in [5.74, 6) is 2.62. The summed E-state index contributed by atoms with van der Waals surface area (Å²) in [6, 6.07) is 12.9. The lowest BCUT2D eigenvalue weighted by Gasteiger charge is -2.27. The molecule has 4 heterocycles. The summed E-state index contributed by atoms with van der Waals surface area (Å²) in [5.41, 5.74) is 2.13. The highest BCUT2D eigenvalue weighted by atomic mass is 16.5. The predicted octanol–water partition coefficient (Wildman–Crippen LogP) is 1.61. The van der Waals surface area contributed by atoms with Crippen LogP contribution < -0.4 is 9.64 Å². The van der Waals surface area contributed by atoms with Crippen LogP contribution in [0.4, 0.5) is 5.95 Å². The lowest BCUT2D eigenvalue weighted by molar-refractivity contribution is 0.398. The Balaban J connectivity index is 1.40. The van der Waals surface area contributed by atoms with E-state index >= 15 is 0 Å². The summed E-state index contributed by atoms with van der Waals surface area (Å²) in [6.07, 6.45) is 2.64. The van der Waals surface area contributed by atoms with E-state index in [-0.39, 0.29) is 0 Å². The van der Waals surface area contributed by atoms with Gasteiger partial charge in [0.05, 0.1) is 31.0 Å². The molecule has 11 nitrogen and oxygen atoms in total. The average Bonchev–Trinajstić information content (AvgIpc) is 3.47. The van der Waals surface area contributed by atoms with E-state index in [1.807, 2.05) is 18.2 Å². The van der Waals surface area contributed by atoms with Crippen molar-refractivity contribution in [2.75, 3.05) is 18.6 Å². The third-order valence-corrected chi connectivity index (χ3v) is 5.02. The number of hydrogen-bond acceptors (Lipinski definition) is 9. The first-order valence-electron chi connectivity index (χ1n) is 9.73. The molecule has 0 bridgehead atoms. The highest BCUT2D eigenvalue weighted by molar-refractivity contribution is 5.59. The number of nitrogens with zero attached hydrogens (tertiary/aromatic N) is 10. The molecule has 0 atom stereocenters. The Morgan fingerprint density at radius 1 is 1.13 bits per heavy atom. The smallest absolute Gasteiger partial charge is 0.227 e. The van der Waals surface area contributed by atoms with Gasteiger partial charge in [0.15, 0.2) is 11.6 Å². The largest absolute Gasteiger partial charge is 0.481 e. The van der Waals surface area contributed by atoms with E-state index in [0.717, 1.165) is 36.8 Å². The maximum atomic E-state index is 9.09. The lowest BCUT2D eigenvalue weighted by Crippen LogP contribution is -2.32. The second-order valence-corrected chi connectivity index (χ2v) is 6.99. The van der Waals surface area contributed by atoms with Crippen LogP contribution in [0.2, 0.25) is 0 Å². The van der Waals surface area contributed by atoms with E-state index in [2.05, 4.69) is 46.1 Å². The quantitative estimate of drug-likeness (QED) is 0.479. The Labute approximate surface area is 177 Å². The van der Waals surface area contributed by atoms with E-state index in [1.165, 1.54) is 4.80 Å². The van der Waals surface area contributed by atoms with E-state index in [1.54, 1.807) is 31.5 Å². The maximum Gasteiger partial charge on any atom is 0.227 e. The maximum absolute atomic E-state index is 9.09. The first-order chi connectivity index (χ1) is 15.2. The summed E-state index contributed by atoms with van der Waals surface area (Å²) < 4.78 is 7.31. The summed E-state index contributed by atoms with van der Waals surface area (Å²) in [7, 11) is 1.59. The van der Waals surface area contributed by atoms with Crippen LogP contribution in [0.5, 0.6) is 5.88 Å². The number of nitriles is 1. The molecule has 0 unspecified atom stereocenters. The van der Waals surface area contributed by atoms with Crippen molar-refractivity contribution in [1.29, 1.82) is 5.26 Å². The van der Waals surface area contributed by atoms with Crippen molar-refractivity contribution in [3.05, 3.63) is 54.0 Å². The molecule has 0 aliphatic carbocycles. The molecule has 1 aliphatic heterocycles. The number of benzene rings is 1. The van der Waals surface area contributed by atoms with Gasteiger partial charge in [-0.05, 0) is 35.9 Å². The molecule has 31 heavy (non-hydrogen) atoms. The number of ether oxygens (including phenoxy) is 1. The topological polar surface area (TPSA) is 123 Å². The van der Waals surface area contributed by atoms with Crippen LogP contribution >= 0.6 is 0 Å². The Hall–Kier alpha value is -4.33. The first kappa shape index (κ1) is 18.7. The van der Waals surface area contributed by atoms with E-state index in [4.69, 9.17) is 10.00 Å². The Bertz CT molecular complexity index is 1270. The molecule has 11 heteroatoms. The zero-order valence-electron chi connectivity index (χ0n) is 16.8. The molecule has 0 N–H and O–H groups in total. The van der Waals surface area contributed by atoms with Crippen molar-refractivity contribution < 1.29 is 4.74 Å². The van der Waals surface area contributed by atoms with Gasteiger partial charge in [0.1, 0.15) is 0 Å². The van der Waals surface area contributed by atoms with E-state index in [0.29, 0.717) is 29.5 Å². The SMILES string of the molecule is COc1cc(-c2nnc3n2CCCN3Cc2nnn(-c3cccc(C#N)c3)n2)ccn1. The van der Waals surface area contributed by atoms with Crippen LogP contribution in [-0.4, -0.2) is 53.6 Å². The van der Waals surface area contributed by atoms with Crippen LogP contribution in [0, 0.1) is 11.3 Å².